The van der Waals surface area contributed by atoms with Gasteiger partial charge in [-0.25, -0.2) is 0 Å². The average Bonchev–Trinajstić information content (AvgIpc) is 3.38. The molecule has 1 aromatic heterocycles. The molecule has 144 valence electrons. The Bertz CT molecular complexity index is 848. The molecule has 6 nitrogen and oxygen atoms in total. The summed E-state index contributed by atoms with van der Waals surface area (Å²) in [7, 11) is 0. The van der Waals surface area contributed by atoms with E-state index in [-0.39, 0.29) is 16.9 Å². The third-order valence-corrected chi connectivity index (χ3v) is 5.56. The van der Waals surface area contributed by atoms with Crippen molar-refractivity contribution in [1.29, 1.82) is 0 Å². The van der Waals surface area contributed by atoms with Gasteiger partial charge in [0.25, 0.3) is 0 Å². The summed E-state index contributed by atoms with van der Waals surface area (Å²) < 4.78 is 2.14. The maximum absolute atomic E-state index is 12.8. The van der Waals surface area contributed by atoms with Gasteiger partial charge in [0.15, 0.2) is 10.9 Å². The molecular formula is C20H26N4O2S. The molecule has 1 aliphatic rings. The Hall–Kier alpha value is -2.15. The van der Waals surface area contributed by atoms with Crippen LogP contribution in [0.15, 0.2) is 29.4 Å². The van der Waals surface area contributed by atoms with Crippen LogP contribution in [-0.4, -0.2) is 31.7 Å². The number of nitrogens with zero attached hydrogens (tertiary/aromatic N) is 3. The minimum Gasteiger partial charge on any atom is -0.326 e. The first-order valence-electron chi connectivity index (χ1n) is 9.20. The SMILES string of the molecule is Cc1nnc(S[C@@H](C)C(=O)c2ccc(NC(=O)C(C)(C)C)cc2)n1C1CC1. The molecular weight excluding hydrogens is 360 g/mol. The number of nitrogens with one attached hydrogen (secondary N) is 1. The Morgan fingerprint density at radius 2 is 1.81 bits per heavy atom. The van der Waals surface area contributed by atoms with Gasteiger partial charge in [-0.3, -0.25) is 9.59 Å². The van der Waals surface area contributed by atoms with Gasteiger partial charge in [-0.05, 0) is 51.0 Å². The summed E-state index contributed by atoms with van der Waals surface area (Å²) >= 11 is 1.45. The van der Waals surface area contributed by atoms with Crippen LogP contribution >= 0.6 is 11.8 Å². The molecule has 1 aliphatic carbocycles. The number of aryl methyl sites for hydroxylation is 1. The lowest BCUT2D eigenvalue weighted by Crippen LogP contribution is -2.27. The van der Waals surface area contributed by atoms with Gasteiger partial charge in [0.1, 0.15) is 5.82 Å². The second kappa shape index (κ2) is 7.46. The van der Waals surface area contributed by atoms with Crippen molar-refractivity contribution >= 4 is 29.1 Å². The van der Waals surface area contributed by atoms with Crippen LogP contribution in [-0.2, 0) is 4.79 Å². The van der Waals surface area contributed by atoms with Crippen LogP contribution in [0.5, 0.6) is 0 Å². The molecule has 0 spiro atoms. The fourth-order valence-corrected chi connectivity index (χ4v) is 3.71. The van der Waals surface area contributed by atoms with E-state index < -0.39 is 5.41 Å². The van der Waals surface area contributed by atoms with Crippen molar-refractivity contribution in [3.63, 3.8) is 0 Å². The van der Waals surface area contributed by atoms with Crippen LogP contribution in [0.4, 0.5) is 5.69 Å². The second-order valence-electron chi connectivity index (χ2n) is 8.04. The standard InChI is InChI=1S/C20H26N4O2S/c1-12(27-19-23-22-13(2)24(19)16-10-11-16)17(25)14-6-8-15(9-7-14)21-18(26)20(3,4)5/h6-9,12,16H,10-11H2,1-5H3,(H,21,26)/t12-/m0/s1. The molecule has 2 aromatic rings. The highest BCUT2D eigenvalue weighted by atomic mass is 32.2. The maximum Gasteiger partial charge on any atom is 0.229 e. The molecule has 3 rings (SSSR count). The number of thioether (sulfide) groups is 1. The van der Waals surface area contributed by atoms with Crippen LogP contribution in [0.3, 0.4) is 0 Å². The van der Waals surface area contributed by atoms with Gasteiger partial charge in [-0.2, -0.15) is 0 Å². The number of carbonyl (C=O) groups excluding carboxylic acids is 2. The van der Waals surface area contributed by atoms with Gasteiger partial charge in [-0.1, -0.05) is 32.5 Å². The minimum absolute atomic E-state index is 0.0386. The minimum atomic E-state index is -0.463. The highest BCUT2D eigenvalue weighted by molar-refractivity contribution is 8.00. The summed E-state index contributed by atoms with van der Waals surface area (Å²) in [4.78, 5) is 24.8. The van der Waals surface area contributed by atoms with E-state index >= 15 is 0 Å². The first-order valence-corrected chi connectivity index (χ1v) is 10.1. The van der Waals surface area contributed by atoms with E-state index in [1.807, 2.05) is 34.6 Å². The lowest BCUT2D eigenvalue weighted by atomic mass is 9.95. The molecule has 27 heavy (non-hydrogen) atoms. The fourth-order valence-electron chi connectivity index (χ4n) is 2.67. The number of ketones is 1. The number of amides is 1. The normalized spacial score (nSPS) is 15.4. The van der Waals surface area contributed by atoms with Crippen LogP contribution < -0.4 is 5.32 Å². The van der Waals surface area contributed by atoms with Crippen LogP contribution in [0.2, 0.25) is 0 Å². The van der Waals surface area contributed by atoms with Crippen molar-refractivity contribution in [3.05, 3.63) is 35.7 Å². The van der Waals surface area contributed by atoms with Gasteiger partial charge in [-0.15, -0.1) is 10.2 Å². The number of hydrogen-bond acceptors (Lipinski definition) is 5. The van der Waals surface area contributed by atoms with Gasteiger partial charge in [0.2, 0.25) is 5.91 Å². The van der Waals surface area contributed by atoms with Gasteiger partial charge in [0.05, 0.1) is 5.25 Å². The van der Waals surface area contributed by atoms with Crippen LogP contribution in [0.25, 0.3) is 0 Å². The smallest absolute Gasteiger partial charge is 0.229 e. The topological polar surface area (TPSA) is 76.9 Å². The molecule has 1 heterocycles. The van der Waals surface area contributed by atoms with Crippen LogP contribution in [0.1, 0.15) is 62.8 Å². The van der Waals surface area contributed by atoms with Crippen molar-refractivity contribution in [3.8, 4) is 0 Å². The molecule has 0 saturated heterocycles. The number of carbonyl (C=O) groups is 2. The number of benzene rings is 1. The predicted molar refractivity (Wildman–Crippen MR) is 107 cm³/mol. The zero-order valence-electron chi connectivity index (χ0n) is 16.4. The molecule has 1 aromatic carbocycles. The molecule has 0 aliphatic heterocycles. The molecule has 7 heteroatoms. The zero-order chi connectivity index (χ0) is 19.8. The Kier molecular flexibility index (Phi) is 5.42. The van der Waals surface area contributed by atoms with E-state index in [1.54, 1.807) is 24.3 Å². The summed E-state index contributed by atoms with van der Waals surface area (Å²) in [5, 5.41) is 11.8. The Balaban J connectivity index is 1.66. The number of anilines is 1. The lowest BCUT2D eigenvalue weighted by molar-refractivity contribution is -0.123. The van der Waals surface area contributed by atoms with Gasteiger partial charge >= 0.3 is 0 Å². The van der Waals surface area contributed by atoms with E-state index in [1.165, 1.54) is 11.8 Å². The fraction of sp³-hybridized carbons (Fsp3) is 0.500. The number of hydrogen-bond donors (Lipinski definition) is 1. The second-order valence-corrected chi connectivity index (χ2v) is 9.34. The first kappa shape index (κ1) is 19.6. The van der Waals surface area contributed by atoms with Crippen LogP contribution in [0, 0.1) is 12.3 Å². The zero-order valence-corrected chi connectivity index (χ0v) is 17.3. The van der Waals surface area contributed by atoms with Crippen molar-refractivity contribution in [2.24, 2.45) is 5.41 Å². The highest BCUT2D eigenvalue weighted by Gasteiger charge is 2.30. The average molecular weight is 387 g/mol. The summed E-state index contributed by atoms with van der Waals surface area (Å²) in [5.74, 6) is 0.885. The quantitative estimate of drug-likeness (QED) is 0.593. The summed E-state index contributed by atoms with van der Waals surface area (Å²) in [6, 6.07) is 7.54. The summed E-state index contributed by atoms with van der Waals surface area (Å²) in [6.45, 7) is 9.43. The Labute approximate surface area is 164 Å². The molecule has 1 atom stereocenters. The third-order valence-electron chi connectivity index (χ3n) is 4.51. The van der Waals surface area contributed by atoms with Gasteiger partial charge < -0.3 is 9.88 Å². The largest absolute Gasteiger partial charge is 0.326 e. The molecule has 0 unspecified atom stereocenters. The summed E-state index contributed by atoms with van der Waals surface area (Å²) in [6.07, 6.45) is 2.30. The first-order chi connectivity index (χ1) is 12.7. The Morgan fingerprint density at radius 1 is 1.19 bits per heavy atom. The van der Waals surface area contributed by atoms with E-state index in [2.05, 4.69) is 20.1 Å². The summed E-state index contributed by atoms with van der Waals surface area (Å²) in [5.41, 5.74) is 0.851. The van der Waals surface area contributed by atoms with Crippen molar-refractivity contribution in [1.82, 2.24) is 14.8 Å². The monoisotopic (exact) mass is 386 g/mol. The molecule has 0 radical (unpaired) electrons. The lowest BCUT2D eigenvalue weighted by Gasteiger charge is -2.18. The van der Waals surface area contributed by atoms with E-state index in [0.717, 1.165) is 23.8 Å². The molecule has 1 fully saturated rings. The van der Waals surface area contributed by atoms with Crippen molar-refractivity contribution in [2.45, 2.75) is 63.9 Å². The van der Waals surface area contributed by atoms with Gasteiger partial charge in [0, 0.05) is 22.7 Å². The highest BCUT2D eigenvalue weighted by Crippen LogP contribution is 2.39. The third kappa shape index (κ3) is 4.58. The predicted octanol–water partition coefficient (Wildman–Crippen LogP) is 4.27. The van der Waals surface area contributed by atoms with E-state index in [9.17, 15) is 9.59 Å². The number of Topliss-reactive ketones (excluding diaryl/α,β-unsaturated/α-hetero) is 1. The van der Waals surface area contributed by atoms with Crippen molar-refractivity contribution < 1.29 is 9.59 Å². The van der Waals surface area contributed by atoms with E-state index in [0.29, 0.717) is 17.3 Å². The van der Waals surface area contributed by atoms with E-state index in [4.69, 9.17) is 0 Å². The Morgan fingerprint density at radius 3 is 2.37 bits per heavy atom. The number of aromatic nitrogens is 3. The van der Waals surface area contributed by atoms with Crippen molar-refractivity contribution in [2.75, 3.05) is 5.32 Å². The molecule has 1 N–H and O–H groups in total. The molecule has 0 bridgehead atoms. The number of rotatable bonds is 6. The maximum atomic E-state index is 12.8. The molecule has 1 amide bonds. The molecule has 1 saturated carbocycles.